The standard InChI is InChI=1S/C18H21F3OSi/c1-18(2,17(20)21)23(3,4)22-16-11-10-14(12-15(16)19)13-8-6-5-7-9-13/h5-12,17H,1-4H3. The summed E-state index contributed by atoms with van der Waals surface area (Å²) in [6, 6.07) is 14.0. The molecular formula is C18H21F3OSi. The highest BCUT2D eigenvalue weighted by molar-refractivity contribution is 6.75. The van der Waals surface area contributed by atoms with Crippen molar-refractivity contribution in [3.05, 3.63) is 54.3 Å². The molecule has 0 unspecified atom stereocenters. The zero-order valence-corrected chi connectivity index (χ0v) is 14.7. The SMILES string of the molecule is CC(C)(C(F)F)[Si](C)(C)Oc1ccc(-c2ccccc2)cc1F. The minimum Gasteiger partial charge on any atom is -0.541 e. The molecule has 0 aliphatic carbocycles. The molecule has 0 aliphatic rings. The van der Waals surface area contributed by atoms with E-state index in [0.717, 1.165) is 11.1 Å². The average Bonchev–Trinajstić information content (AvgIpc) is 2.49. The fourth-order valence-electron chi connectivity index (χ4n) is 2.06. The van der Waals surface area contributed by atoms with Gasteiger partial charge in [0.2, 0.25) is 6.43 Å². The van der Waals surface area contributed by atoms with Crippen LogP contribution in [0.5, 0.6) is 5.75 Å². The van der Waals surface area contributed by atoms with Crippen molar-refractivity contribution >= 4 is 8.32 Å². The van der Waals surface area contributed by atoms with Crippen LogP contribution in [0.3, 0.4) is 0 Å². The van der Waals surface area contributed by atoms with E-state index in [-0.39, 0.29) is 5.75 Å². The van der Waals surface area contributed by atoms with E-state index in [0.29, 0.717) is 0 Å². The number of halogens is 3. The van der Waals surface area contributed by atoms with Crippen LogP contribution in [0.2, 0.25) is 18.1 Å². The Labute approximate surface area is 136 Å². The van der Waals surface area contributed by atoms with E-state index in [1.807, 2.05) is 30.3 Å². The smallest absolute Gasteiger partial charge is 0.256 e. The third-order valence-corrected chi connectivity index (χ3v) is 8.55. The first kappa shape index (κ1) is 17.6. The molecule has 0 saturated carbocycles. The van der Waals surface area contributed by atoms with Crippen LogP contribution in [-0.4, -0.2) is 14.7 Å². The van der Waals surface area contributed by atoms with Crippen molar-refractivity contribution in [3.8, 4) is 16.9 Å². The van der Waals surface area contributed by atoms with E-state index in [1.165, 1.54) is 26.0 Å². The summed E-state index contributed by atoms with van der Waals surface area (Å²) in [6.45, 7) is 6.31. The number of benzene rings is 2. The summed E-state index contributed by atoms with van der Waals surface area (Å²) in [5.41, 5.74) is 1.62. The van der Waals surface area contributed by atoms with Crippen molar-refractivity contribution < 1.29 is 17.6 Å². The number of hydrogen-bond donors (Lipinski definition) is 0. The van der Waals surface area contributed by atoms with Gasteiger partial charge in [0.05, 0.1) is 5.04 Å². The zero-order valence-electron chi connectivity index (χ0n) is 13.7. The van der Waals surface area contributed by atoms with Crippen LogP contribution >= 0.6 is 0 Å². The molecule has 23 heavy (non-hydrogen) atoms. The molecule has 0 atom stereocenters. The maximum Gasteiger partial charge on any atom is 0.256 e. The molecule has 0 radical (unpaired) electrons. The van der Waals surface area contributed by atoms with Crippen LogP contribution in [0.25, 0.3) is 11.1 Å². The fraction of sp³-hybridized carbons (Fsp3) is 0.333. The topological polar surface area (TPSA) is 9.23 Å². The molecule has 0 aromatic heterocycles. The van der Waals surface area contributed by atoms with Crippen molar-refractivity contribution in [2.24, 2.45) is 0 Å². The van der Waals surface area contributed by atoms with E-state index in [4.69, 9.17) is 4.43 Å². The van der Waals surface area contributed by atoms with Gasteiger partial charge >= 0.3 is 0 Å². The molecule has 0 aliphatic heterocycles. The first-order valence-electron chi connectivity index (χ1n) is 7.47. The molecule has 0 spiro atoms. The van der Waals surface area contributed by atoms with Gasteiger partial charge in [-0.15, -0.1) is 0 Å². The second kappa shape index (κ2) is 6.39. The van der Waals surface area contributed by atoms with Crippen LogP contribution in [-0.2, 0) is 0 Å². The van der Waals surface area contributed by atoms with E-state index in [9.17, 15) is 13.2 Å². The second-order valence-corrected chi connectivity index (χ2v) is 11.2. The van der Waals surface area contributed by atoms with Crippen molar-refractivity contribution in [3.63, 3.8) is 0 Å². The van der Waals surface area contributed by atoms with E-state index in [2.05, 4.69) is 0 Å². The number of rotatable bonds is 5. The van der Waals surface area contributed by atoms with Gasteiger partial charge < -0.3 is 4.43 Å². The summed E-state index contributed by atoms with van der Waals surface area (Å²) < 4.78 is 46.6. The largest absolute Gasteiger partial charge is 0.541 e. The molecule has 0 N–H and O–H groups in total. The maximum atomic E-state index is 14.4. The van der Waals surface area contributed by atoms with Gasteiger partial charge in [0.1, 0.15) is 5.75 Å². The summed E-state index contributed by atoms with van der Waals surface area (Å²) in [7, 11) is -2.85. The lowest BCUT2D eigenvalue weighted by Crippen LogP contribution is -2.49. The molecule has 0 fully saturated rings. The van der Waals surface area contributed by atoms with Crippen molar-refractivity contribution in [1.29, 1.82) is 0 Å². The predicted octanol–water partition coefficient (Wildman–Crippen LogP) is 6.12. The van der Waals surface area contributed by atoms with Crippen LogP contribution < -0.4 is 4.43 Å². The van der Waals surface area contributed by atoms with Gasteiger partial charge in [0.15, 0.2) is 5.82 Å². The summed E-state index contributed by atoms with van der Waals surface area (Å²) in [5, 5.41) is -1.28. The Bertz CT molecular complexity index is 669. The van der Waals surface area contributed by atoms with Gasteiger partial charge in [-0.05, 0) is 36.4 Å². The zero-order chi connectivity index (χ0) is 17.3. The summed E-state index contributed by atoms with van der Waals surface area (Å²) in [5.74, 6) is -0.493. The van der Waals surface area contributed by atoms with Gasteiger partial charge in [-0.2, -0.15) is 0 Å². The van der Waals surface area contributed by atoms with E-state index < -0.39 is 25.6 Å². The van der Waals surface area contributed by atoms with Crippen molar-refractivity contribution in [1.82, 2.24) is 0 Å². The number of hydrogen-bond acceptors (Lipinski definition) is 1. The second-order valence-electron chi connectivity index (χ2n) is 6.65. The van der Waals surface area contributed by atoms with E-state index >= 15 is 0 Å². The molecule has 2 aromatic carbocycles. The van der Waals surface area contributed by atoms with Gasteiger partial charge in [0.25, 0.3) is 8.32 Å². The Morgan fingerprint density at radius 1 is 0.957 bits per heavy atom. The van der Waals surface area contributed by atoms with Gasteiger partial charge in [-0.3, -0.25) is 0 Å². The van der Waals surface area contributed by atoms with Crippen LogP contribution in [0.15, 0.2) is 48.5 Å². The quantitative estimate of drug-likeness (QED) is 0.597. The third kappa shape index (κ3) is 3.60. The first-order valence-corrected chi connectivity index (χ1v) is 10.4. The van der Waals surface area contributed by atoms with Gasteiger partial charge in [-0.25, -0.2) is 13.2 Å². The lowest BCUT2D eigenvalue weighted by Gasteiger charge is -2.38. The Kier molecular flexibility index (Phi) is 4.89. The highest BCUT2D eigenvalue weighted by Crippen LogP contribution is 2.44. The normalized spacial score (nSPS) is 12.5. The molecule has 0 amide bonds. The van der Waals surface area contributed by atoms with Crippen molar-refractivity contribution in [2.75, 3.05) is 0 Å². The monoisotopic (exact) mass is 338 g/mol. The highest BCUT2D eigenvalue weighted by atomic mass is 28.4. The average molecular weight is 338 g/mol. The third-order valence-electron chi connectivity index (χ3n) is 4.50. The van der Waals surface area contributed by atoms with E-state index in [1.54, 1.807) is 19.2 Å². The first-order chi connectivity index (χ1) is 10.6. The molecule has 5 heteroatoms. The lowest BCUT2D eigenvalue weighted by atomic mass is 10.1. The van der Waals surface area contributed by atoms with Crippen LogP contribution in [0.4, 0.5) is 13.2 Å². The number of alkyl halides is 2. The highest BCUT2D eigenvalue weighted by Gasteiger charge is 2.49. The van der Waals surface area contributed by atoms with Crippen LogP contribution in [0.1, 0.15) is 13.8 Å². The Balaban J connectivity index is 2.29. The Hall–Kier alpha value is -1.75. The molecular weight excluding hydrogens is 317 g/mol. The Morgan fingerprint density at radius 3 is 2.09 bits per heavy atom. The van der Waals surface area contributed by atoms with Crippen molar-refractivity contribution in [2.45, 2.75) is 38.4 Å². The van der Waals surface area contributed by atoms with Gasteiger partial charge in [-0.1, -0.05) is 50.2 Å². The molecule has 0 bridgehead atoms. The summed E-state index contributed by atoms with van der Waals surface area (Å²) >= 11 is 0. The molecule has 0 heterocycles. The lowest BCUT2D eigenvalue weighted by molar-refractivity contribution is 0.0935. The molecule has 2 aromatic rings. The molecule has 0 saturated heterocycles. The van der Waals surface area contributed by atoms with Crippen LogP contribution in [0, 0.1) is 5.82 Å². The maximum absolute atomic E-state index is 14.4. The summed E-state index contributed by atoms with van der Waals surface area (Å²) in [6.07, 6.45) is -2.52. The predicted molar refractivity (Wildman–Crippen MR) is 90.0 cm³/mol. The molecule has 1 nitrogen and oxygen atoms in total. The molecule has 2 rings (SSSR count). The minimum absolute atomic E-state index is 0.0371. The summed E-state index contributed by atoms with van der Waals surface area (Å²) in [4.78, 5) is 0. The van der Waals surface area contributed by atoms with Gasteiger partial charge in [0, 0.05) is 0 Å². The minimum atomic E-state index is -2.85. The molecule has 124 valence electrons. The Morgan fingerprint density at radius 2 is 1.57 bits per heavy atom. The fourth-order valence-corrected chi connectivity index (χ4v) is 3.57.